The molecule has 2 amide bonds. The van der Waals surface area contributed by atoms with Gasteiger partial charge >= 0.3 is 0 Å². The first-order chi connectivity index (χ1) is 12.1. The number of amides is 2. The summed E-state index contributed by atoms with van der Waals surface area (Å²) in [4.78, 5) is 23.7. The molecule has 0 bridgehead atoms. The second kappa shape index (κ2) is 9.07. The minimum Gasteiger partial charge on any atom is -0.497 e. The van der Waals surface area contributed by atoms with E-state index in [1.165, 1.54) is 6.21 Å². The lowest BCUT2D eigenvalue weighted by atomic mass is 10.2. The van der Waals surface area contributed by atoms with E-state index in [9.17, 15) is 9.59 Å². The number of methoxy groups -OCH3 is 2. The van der Waals surface area contributed by atoms with Crippen molar-refractivity contribution in [1.82, 2.24) is 10.7 Å². The lowest BCUT2D eigenvalue weighted by Crippen LogP contribution is -2.34. The SMILES string of the molecule is COc1ccc(C(=O)NCC(=O)N/N=C/c2ccccc2OC)cc1. The van der Waals surface area contributed by atoms with Crippen LogP contribution in [0.2, 0.25) is 0 Å². The number of hydrogen-bond donors (Lipinski definition) is 2. The van der Waals surface area contributed by atoms with Crippen LogP contribution in [0, 0.1) is 0 Å². The fraction of sp³-hybridized carbons (Fsp3) is 0.167. The van der Waals surface area contributed by atoms with Gasteiger partial charge in [-0.05, 0) is 36.4 Å². The molecule has 0 saturated carbocycles. The molecule has 0 unspecified atom stereocenters. The summed E-state index contributed by atoms with van der Waals surface area (Å²) in [7, 11) is 3.10. The van der Waals surface area contributed by atoms with Gasteiger partial charge < -0.3 is 14.8 Å². The molecule has 0 aliphatic rings. The summed E-state index contributed by atoms with van der Waals surface area (Å²) in [6.07, 6.45) is 1.47. The standard InChI is InChI=1S/C18H19N3O4/c1-24-15-9-7-13(8-10-15)18(23)19-12-17(22)21-20-11-14-5-3-4-6-16(14)25-2/h3-11H,12H2,1-2H3,(H,19,23)(H,21,22)/b20-11+. The van der Waals surface area contributed by atoms with Crippen LogP contribution >= 0.6 is 0 Å². The van der Waals surface area contributed by atoms with Crippen molar-refractivity contribution in [3.05, 3.63) is 59.7 Å². The van der Waals surface area contributed by atoms with Gasteiger partial charge in [-0.3, -0.25) is 9.59 Å². The van der Waals surface area contributed by atoms with Crippen molar-refractivity contribution >= 4 is 18.0 Å². The van der Waals surface area contributed by atoms with Crippen LogP contribution in [-0.4, -0.2) is 38.8 Å². The lowest BCUT2D eigenvalue weighted by Gasteiger charge is -2.06. The number of carbonyl (C=O) groups is 2. The molecule has 0 spiro atoms. The fourth-order valence-electron chi connectivity index (χ4n) is 1.99. The Morgan fingerprint density at radius 3 is 2.44 bits per heavy atom. The van der Waals surface area contributed by atoms with E-state index in [1.807, 2.05) is 12.1 Å². The molecule has 7 nitrogen and oxygen atoms in total. The van der Waals surface area contributed by atoms with E-state index in [1.54, 1.807) is 50.6 Å². The van der Waals surface area contributed by atoms with E-state index in [2.05, 4.69) is 15.8 Å². The summed E-state index contributed by atoms with van der Waals surface area (Å²) in [5.41, 5.74) is 3.51. The first-order valence-corrected chi connectivity index (χ1v) is 7.51. The Morgan fingerprint density at radius 2 is 1.76 bits per heavy atom. The highest BCUT2D eigenvalue weighted by Crippen LogP contribution is 2.14. The van der Waals surface area contributed by atoms with Crippen LogP contribution in [0.3, 0.4) is 0 Å². The van der Waals surface area contributed by atoms with E-state index < -0.39 is 5.91 Å². The van der Waals surface area contributed by atoms with Crippen LogP contribution in [0.5, 0.6) is 11.5 Å². The summed E-state index contributed by atoms with van der Waals surface area (Å²) >= 11 is 0. The van der Waals surface area contributed by atoms with Crippen LogP contribution in [0.4, 0.5) is 0 Å². The molecule has 2 rings (SSSR count). The first kappa shape index (κ1) is 18.0. The number of hydrogen-bond acceptors (Lipinski definition) is 5. The van der Waals surface area contributed by atoms with Crippen molar-refractivity contribution in [2.45, 2.75) is 0 Å². The number of para-hydroxylation sites is 1. The van der Waals surface area contributed by atoms with Crippen molar-refractivity contribution in [3.63, 3.8) is 0 Å². The molecule has 0 aromatic heterocycles. The maximum absolute atomic E-state index is 11.9. The number of nitrogens with one attached hydrogen (secondary N) is 2. The van der Waals surface area contributed by atoms with Crippen molar-refractivity contribution in [3.8, 4) is 11.5 Å². The third-order valence-electron chi connectivity index (χ3n) is 3.29. The molecule has 7 heteroatoms. The van der Waals surface area contributed by atoms with E-state index >= 15 is 0 Å². The van der Waals surface area contributed by atoms with Gasteiger partial charge in [-0.25, -0.2) is 5.43 Å². The summed E-state index contributed by atoms with van der Waals surface area (Å²) in [6.45, 7) is -0.186. The number of rotatable bonds is 7. The zero-order chi connectivity index (χ0) is 18.1. The average Bonchev–Trinajstić information content (AvgIpc) is 2.66. The van der Waals surface area contributed by atoms with Crippen molar-refractivity contribution in [2.24, 2.45) is 5.10 Å². The van der Waals surface area contributed by atoms with Gasteiger partial charge in [0.05, 0.1) is 27.0 Å². The third-order valence-corrected chi connectivity index (χ3v) is 3.29. The zero-order valence-electron chi connectivity index (χ0n) is 14.0. The molecule has 0 aliphatic heterocycles. The lowest BCUT2D eigenvalue weighted by molar-refractivity contribution is -0.120. The molecule has 0 atom stereocenters. The topological polar surface area (TPSA) is 89.0 Å². The Labute approximate surface area is 145 Å². The highest BCUT2D eigenvalue weighted by atomic mass is 16.5. The van der Waals surface area contributed by atoms with Gasteiger partial charge in [0.25, 0.3) is 11.8 Å². The van der Waals surface area contributed by atoms with Crippen molar-refractivity contribution in [1.29, 1.82) is 0 Å². The van der Waals surface area contributed by atoms with Gasteiger partial charge in [-0.15, -0.1) is 0 Å². The zero-order valence-corrected chi connectivity index (χ0v) is 14.0. The van der Waals surface area contributed by atoms with Gasteiger partial charge in [-0.1, -0.05) is 12.1 Å². The molecule has 0 saturated heterocycles. The molecule has 0 aliphatic carbocycles. The summed E-state index contributed by atoms with van der Waals surface area (Å²) in [5.74, 6) is 0.507. The van der Waals surface area contributed by atoms with Crippen LogP contribution < -0.4 is 20.2 Å². The number of ether oxygens (including phenoxy) is 2. The molecular formula is C18H19N3O4. The number of benzene rings is 2. The maximum atomic E-state index is 11.9. The molecule has 0 fully saturated rings. The van der Waals surface area contributed by atoms with Crippen molar-refractivity contribution in [2.75, 3.05) is 20.8 Å². The van der Waals surface area contributed by atoms with Crippen LogP contribution in [0.1, 0.15) is 15.9 Å². The number of hydrazone groups is 1. The highest BCUT2D eigenvalue weighted by Gasteiger charge is 2.07. The van der Waals surface area contributed by atoms with Gasteiger partial charge in [0, 0.05) is 11.1 Å². The Kier molecular flexibility index (Phi) is 6.53. The second-order valence-electron chi connectivity index (χ2n) is 4.95. The van der Waals surface area contributed by atoms with Gasteiger partial charge in [0.2, 0.25) is 0 Å². The van der Waals surface area contributed by atoms with Crippen molar-refractivity contribution < 1.29 is 19.1 Å². The van der Waals surface area contributed by atoms with E-state index in [0.717, 1.165) is 5.56 Å². The van der Waals surface area contributed by atoms with Gasteiger partial charge in [-0.2, -0.15) is 5.10 Å². The average molecular weight is 341 g/mol. The number of nitrogens with zero attached hydrogens (tertiary/aromatic N) is 1. The molecule has 130 valence electrons. The van der Waals surface area contributed by atoms with E-state index in [0.29, 0.717) is 17.1 Å². The van der Waals surface area contributed by atoms with Gasteiger partial charge in [0.1, 0.15) is 11.5 Å². The Morgan fingerprint density at radius 1 is 1.04 bits per heavy atom. The molecule has 25 heavy (non-hydrogen) atoms. The molecule has 0 heterocycles. The van der Waals surface area contributed by atoms with Crippen LogP contribution in [-0.2, 0) is 4.79 Å². The Bertz CT molecular complexity index is 757. The maximum Gasteiger partial charge on any atom is 0.259 e. The Hall–Kier alpha value is -3.35. The Balaban J connectivity index is 1.81. The predicted octanol–water partition coefficient (Wildman–Crippen LogP) is 1.58. The van der Waals surface area contributed by atoms with Gasteiger partial charge in [0.15, 0.2) is 0 Å². The summed E-state index contributed by atoms with van der Waals surface area (Å²) in [6, 6.07) is 13.8. The van der Waals surface area contributed by atoms with Crippen LogP contribution in [0.25, 0.3) is 0 Å². The molecule has 0 radical (unpaired) electrons. The molecule has 2 aromatic carbocycles. The summed E-state index contributed by atoms with van der Waals surface area (Å²) < 4.78 is 10.2. The molecular weight excluding hydrogens is 322 g/mol. The summed E-state index contributed by atoms with van der Waals surface area (Å²) in [5, 5.41) is 6.37. The monoisotopic (exact) mass is 341 g/mol. The van der Waals surface area contributed by atoms with E-state index in [4.69, 9.17) is 9.47 Å². The third kappa shape index (κ3) is 5.35. The second-order valence-corrected chi connectivity index (χ2v) is 4.95. The minimum atomic E-state index is -0.437. The normalized spacial score (nSPS) is 10.3. The molecule has 2 aromatic rings. The highest BCUT2D eigenvalue weighted by molar-refractivity contribution is 5.96. The molecule has 2 N–H and O–H groups in total. The first-order valence-electron chi connectivity index (χ1n) is 7.51. The van der Waals surface area contributed by atoms with Crippen LogP contribution in [0.15, 0.2) is 53.6 Å². The smallest absolute Gasteiger partial charge is 0.259 e. The fourth-order valence-corrected chi connectivity index (χ4v) is 1.99. The quantitative estimate of drug-likeness (QED) is 0.591. The number of carbonyl (C=O) groups excluding carboxylic acids is 2. The largest absolute Gasteiger partial charge is 0.497 e. The minimum absolute atomic E-state index is 0.186. The predicted molar refractivity (Wildman–Crippen MR) is 94.1 cm³/mol. The van der Waals surface area contributed by atoms with E-state index in [-0.39, 0.29) is 12.5 Å².